The molecule has 0 aliphatic heterocycles. The zero-order chi connectivity index (χ0) is 19.2. The number of aromatic nitrogens is 1. The summed E-state index contributed by atoms with van der Waals surface area (Å²) >= 11 is 6.02. The van der Waals surface area contributed by atoms with E-state index >= 15 is 0 Å². The molecule has 0 radical (unpaired) electrons. The molecule has 0 aliphatic carbocycles. The second-order valence-corrected chi connectivity index (χ2v) is 6.19. The summed E-state index contributed by atoms with van der Waals surface area (Å²) < 4.78 is 18.2. The zero-order valence-corrected chi connectivity index (χ0v) is 15.3. The number of hydrogen-bond donors (Lipinski definition) is 2. The van der Waals surface area contributed by atoms with E-state index in [2.05, 4.69) is 15.6 Å². The Balaban J connectivity index is 1.62. The van der Waals surface area contributed by atoms with Crippen LogP contribution in [0.15, 0.2) is 60.8 Å². The summed E-state index contributed by atoms with van der Waals surface area (Å²) in [7, 11) is 1.58. The smallest absolute Gasteiger partial charge is 0.229 e. The van der Waals surface area contributed by atoms with Gasteiger partial charge >= 0.3 is 0 Å². The summed E-state index contributed by atoms with van der Waals surface area (Å²) in [6.07, 6.45) is 1.73. The molecule has 3 aromatic rings. The lowest BCUT2D eigenvalue weighted by atomic mass is 10.1. The average Bonchev–Trinajstić information content (AvgIpc) is 2.65. The van der Waals surface area contributed by atoms with Gasteiger partial charge in [-0.3, -0.25) is 4.79 Å². The van der Waals surface area contributed by atoms with E-state index in [1.165, 1.54) is 12.1 Å². The molecule has 0 saturated heterocycles. The van der Waals surface area contributed by atoms with E-state index in [1.54, 1.807) is 55.8 Å². The van der Waals surface area contributed by atoms with E-state index in [4.69, 9.17) is 16.3 Å². The van der Waals surface area contributed by atoms with E-state index in [0.29, 0.717) is 28.0 Å². The molecule has 0 saturated carbocycles. The zero-order valence-electron chi connectivity index (χ0n) is 14.5. The van der Waals surface area contributed by atoms with Crippen molar-refractivity contribution in [2.75, 3.05) is 17.7 Å². The number of pyridine rings is 1. The van der Waals surface area contributed by atoms with Gasteiger partial charge < -0.3 is 15.4 Å². The van der Waals surface area contributed by atoms with Crippen molar-refractivity contribution in [3.05, 3.63) is 77.2 Å². The Morgan fingerprint density at radius 1 is 1.15 bits per heavy atom. The standard InChI is InChI=1S/C20H17ClFN3O2/c1-27-18-8-4-14(21)11-17(18)24-16-7-9-19(23-12-16)25-20(26)10-13-2-5-15(22)6-3-13/h2-9,11-12,24H,10H2,1H3,(H,23,25,26). The van der Waals surface area contributed by atoms with E-state index in [-0.39, 0.29) is 18.1 Å². The normalized spacial score (nSPS) is 10.3. The second kappa shape index (κ2) is 8.51. The Hall–Kier alpha value is -3.12. The molecule has 5 nitrogen and oxygen atoms in total. The van der Waals surface area contributed by atoms with Crippen LogP contribution >= 0.6 is 11.6 Å². The number of ether oxygens (including phenoxy) is 1. The summed E-state index contributed by atoms with van der Waals surface area (Å²) in [5, 5.41) is 6.46. The number of methoxy groups -OCH3 is 1. The predicted octanol–water partition coefficient (Wildman–Crippen LogP) is 4.81. The Morgan fingerprint density at radius 3 is 2.59 bits per heavy atom. The quantitative estimate of drug-likeness (QED) is 0.639. The Kier molecular flexibility index (Phi) is 5.88. The lowest BCUT2D eigenvalue weighted by Crippen LogP contribution is -2.15. The monoisotopic (exact) mass is 385 g/mol. The molecule has 2 N–H and O–H groups in total. The number of nitrogens with zero attached hydrogens (tertiary/aromatic N) is 1. The van der Waals surface area contributed by atoms with Crippen LogP contribution in [0.2, 0.25) is 5.02 Å². The van der Waals surface area contributed by atoms with E-state index < -0.39 is 0 Å². The highest BCUT2D eigenvalue weighted by atomic mass is 35.5. The summed E-state index contributed by atoms with van der Waals surface area (Å²) in [5.41, 5.74) is 2.15. The van der Waals surface area contributed by atoms with Crippen molar-refractivity contribution in [1.82, 2.24) is 4.98 Å². The SMILES string of the molecule is COc1ccc(Cl)cc1Nc1ccc(NC(=O)Cc2ccc(F)cc2)nc1. The third kappa shape index (κ3) is 5.18. The van der Waals surface area contributed by atoms with E-state index in [1.807, 2.05) is 0 Å². The highest BCUT2D eigenvalue weighted by molar-refractivity contribution is 6.31. The van der Waals surface area contributed by atoms with Gasteiger partial charge in [0.15, 0.2) is 0 Å². The van der Waals surface area contributed by atoms with Crippen LogP contribution < -0.4 is 15.4 Å². The number of anilines is 3. The molecule has 1 aromatic heterocycles. The number of amides is 1. The van der Waals surface area contributed by atoms with Crippen LogP contribution in [0.5, 0.6) is 5.75 Å². The molecule has 1 amide bonds. The van der Waals surface area contributed by atoms with Gasteiger partial charge in [0.1, 0.15) is 17.4 Å². The molecule has 2 aromatic carbocycles. The number of carbonyl (C=O) groups excluding carboxylic acids is 1. The van der Waals surface area contributed by atoms with Gasteiger partial charge in [-0.25, -0.2) is 9.37 Å². The summed E-state index contributed by atoms with van der Waals surface area (Å²) in [6, 6.07) is 14.5. The van der Waals surface area contributed by atoms with Crippen molar-refractivity contribution >= 4 is 34.7 Å². The highest BCUT2D eigenvalue weighted by Crippen LogP contribution is 2.30. The first-order chi connectivity index (χ1) is 13.0. The molecule has 0 bridgehead atoms. The van der Waals surface area contributed by atoms with Crippen LogP contribution in [-0.2, 0) is 11.2 Å². The molecule has 0 unspecified atom stereocenters. The van der Waals surface area contributed by atoms with Gasteiger partial charge in [-0.2, -0.15) is 0 Å². The molecule has 3 rings (SSSR count). The first-order valence-corrected chi connectivity index (χ1v) is 8.52. The number of hydrogen-bond acceptors (Lipinski definition) is 4. The minimum absolute atomic E-state index is 0.141. The number of halogens is 2. The molecule has 1 heterocycles. The van der Waals surface area contributed by atoms with Crippen LogP contribution in [0.3, 0.4) is 0 Å². The molecule has 0 aliphatic rings. The van der Waals surface area contributed by atoms with Gasteiger partial charge in [-0.15, -0.1) is 0 Å². The van der Waals surface area contributed by atoms with Crippen molar-refractivity contribution in [2.45, 2.75) is 6.42 Å². The first-order valence-electron chi connectivity index (χ1n) is 8.14. The van der Waals surface area contributed by atoms with Crippen molar-refractivity contribution in [1.29, 1.82) is 0 Å². The van der Waals surface area contributed by atoms with Crippen molar-refractivity contribution in [3.63, 3.8) is 0 Å². The summed E-state index contributed by atoms with van der Waals surface area (Å²) in [6.45, 7) is 0. The van der Waals surface area contributed by atoms with E-state index in [0.717, 1.165) is 5.56 Å². The van der Waals surface area contributed by atoms with Gasteiger partial charge in [0, 0.05) is 5.02 Å². The highest BCUT2D eigenvalue weighted by Gasteiger charge is 2.07. The van der Waals surface area contributed by atoms with Gasteiger partial charge in [-0.1, -0.05) is 23.7 Å². The first kappa shape index (κ1) is 18.7. The maximum atomic E-state index is 12.9. The molecular formula is C20H17ClFN3O2. The average molecular weight is 386 g/mol. The van der Waals surface area contributed by atoms with Crippen LogP contribution in [0.25, 0.3) is 0 Å². The fourth-order valence-electron chi connectivity index (χ4n) is 2.45. The fourth-order valence-corrected chi connectivity index (χ4v) is 2.62. The predicted molar refractivity (Wildman–Crippen MR) is 104 cm³/mol. The van der Waals surface area contributed by atoms with Crippen molar-refractivity contribution < 1.29 is 13.9 Å². The number of nitrogens with one attached hydrogen (secondary N) is 2. The van der Waals surface area contributed by atoms with E-state index in [9.17, 15) is 9.18 Å². The van der Waals surface area contributed by atoms with Crippen LogP contribution in [0, 0.1) is 5.82 Å². The fraction of sp³-hybridized carbons (Fsp3) is 0.100. The second-order valence-electron chi connectivity index (χ2n) is 5.75. The summed E-state index contributed by atoms with van der Waals surface area (Å²) in [4.78, 5) is 16.3. The molecule has 0 fully saturated rings. The van der Waals surface area contributed by atoms with Crippen LogP contribution in [0.1, 0.15) is 5.56 Å². The van der Waals surface area contributed by atoms with Crippen LogP contribution in [-0.4, -0.2) is 18.0 Å². The lowest BCUT2D eigenvalue weighted by molar-refractivity contribution is -0.115. The van der Waals surface area contributed by atoms with Crippen molar-refractivity contribution in [3.8, 4) is 5.75 Å². The van der Waals surface area contributed by atoms with Gasteiger partial charge in [0.05, 0.1) is 31.1 Å². The maximum absolute atomic E-state index is 12.9. The van der Waals surface area contributed by atoms with Crippen molar-refractivity contribution in [2.24, 2.45) is 0 Å². The van der Waals surface area contributed by atoms with Gasteiger partial charge in [0.25, 0.3) is 0 Å². The molecule has 7 heteroatoms. The molecule has 138 valence electrons. The Labute approximate surface area is 161 Å². The number of benzene rings is 2. The topological polar surface area (TPSA) is 63.2 Å². The Morgan fingerprint density at radius 2 is 1.93 bits per heavy atom. The molecule has 27 heavy (non-hydrogen) atoms. The number of rotatable bonds is 6. The summed E-state index contributed by atoms with van der Waals surface area (Å²) in [5.74, 6) is 0.508. The molecular weight excluding hydrogens is 369 g/mol. The van der Waals surface area contributed by atoms with Gasteiger partial charge in [0.2, 0.25) is 5.91 Å². The number of carbonyl (C=O) groups is 1. The minimum atomic E-state index is -0.333. The maximum Gasteiger partial charge on any atom is 0.229 e. The third-order valence-electron chi connectivity index (χ3n) is 3.75. The Bertz CT molecular complexity index is 931. The third-order valence-corrected chi connectivity index (χ3v) is 3.98. The molecule has 0 spiro atoms. The van der Waals surface area contributed by atoms with Crippen LogP contribution in [0.4, 0.5) is 21.6 Å². The lowest BCUT2D eigenvalue weighted by Gasteiger charge is -2.12. The molecule has 0 atom stereocenters. The van der Waals surface area contributed by atoms with Gasteiger partial charge in [-0.05, 0) is 48.0 Å². The largest absolute Gasteiger partial charge is 0.495 e. The minimum Gasteiger partial charge on any atom is -0.495 e.